The van der Waals surface area contributed by atoms with Gasteiger partial charge in [0, 0.05) is 5.54 Å². The van der Waals surface area contributed by atoms with Gasteiger partial charge in [0.25, 0.3) is 0 Å². The van der Waals surface area contributed by atoms with E-state index < -0.39 is 21.4 Å². The Balaban J connectivity index is 3.03. The summed E-state index contributed by atoms with van der Waals surface area (Å²) in [6.07, 6.45) is 0.649. The van der Waals surface area contributed by atoms with E-state index in [-0.39, 0.29) is 16.0 Å². The Hall–Kier alpha value is -1.14. The number of halogens is 1. The predicted octanol–water partition coefficient (Wildman–Crippen LogP) is 2.90. The molecule has 0 spiro atoms. The molecule has 0 fully saturated rings. The normalized spacial score (nSPS) is 13.5. The van der Waals surface area contributed by atoms with E-state index in [1.807, 2.05) is 34.6 Å². The van der Waals surface area contributed by atoms with Gasteiger partial charge in [-0.3, -0.25) is 0 Å². The minimum Gasteiger partial charge on any atom is -0.396 e. The number of nitrogens with one attached hydrogen (secondary N) is 1. The number of hydrogen-bond acceptors (Lipinski definition) is 3. The molecule has 0 unspecified atom stereocenters. The molecule has 0 aliphatic heterocycles. The van der Waals surface area contributed by atoms with Crippen LogP contribution < -0.4 is 10.5 Å². The third-order valence-corrected chi connectivity index (χ3v) is 4.36. The second-order valence-electron chi connectivity index (χ2n) is 6.91. The highest BCUT2D eigenvalue weighted by Gasteiger charge is 2.30. The first-order valence-electron chi connectivity index (χ1n) is 6.41. The fourth-order valence-electron chi connectivity index (χ4n) is 2.46. The van der Waals surface area contributed by atoms with E-state index in [0.29, 0.717) is 6.42 Å². The average Bonchev–Trinajstić information content (AvgIpc) is 2.16. The lowest BCUT2D eigenvalue weighted by Crippen LogP contribution is -2.45. The number of nitrogens with two attached hydrogens (primary N) is 1. The molecule has 0 bridgehead atoms. The zero-order chi connectivity index (χ0) is 15.8. The molecule has 0 heterocycles. The standard InChI is InChI=1S/C14H23FN2O2S/c1-13(2,3)9-14(4,5)17-20(18,19)10-6-7-12(16)11(15)8-10/h6-8,17H,9,16H2,1-5H3. The minimum absolute atomic E-state index is 0.0294. The summed E-state index contributed by atoms with van der Waals surface area (Å²) in [5.74, 6) is -0.735. The average molecular weight is 302 g/mol. The number of rotatable bonds is 4. The molecule has 6 heteroatoms. The smallest absolute Gasteiger partial charge is 0.241 e. The minimum atomic E-state index is -3.78. The third-order valence-electron chi connectivity index (χ3n) is 2.67. The fraction of sp³-hybridized carbons (Fsp3) is 0.571. The summed E-state index contributed by atoms with van der Waals surface area (Å²) >= 11 is 0. The van der Waals surface area contributed by atoms with Crippen LogP contribution in [-0.4, -0.2) is 14.0 Å². The lowest BCUT2D eigenvalue weighted by molar-refractivity contribution is 0.269. The Morgan fingerprint density at radius 1 is 1.20 bits per heavy atom. The van der Waals surface area contributed by atoms with Gasteiger partial charge in [-0.15, -0.1) is 0 Å². The van der Waals surface area contributed by atoms with Crippen LogP contribution in [0.3, 0.4) is 0 Å². The molecule has 0 aliphatic rings. The van der Waals surface area contributed by atoms with E-state index in [1.165, 1.54) is 12.1 Å². The molecule has 20 heavy (non-hydrogen) atoms. The summed E-state index contributed by atoms with van der Waals surface area (Å²) in [7, 11) is -3.78. The van der Waals surface area contributed by atoms with Gasteiger partial charge in [-0.25, -0.2) is 17.5 Å². The number of hydrogen-bond donors (Lipinski definition) is 2. The highest BCUT2D eigenvalue weighted by Crippen LogP contribution is 2.28. The number of sulfonamides is 1. The van der Waals surface area contributed by atoms with Gasteiger partial charge < -0.3 is 5.73 Å². The lowest BCUT2D eigenvalue weighted by Gasteiger charge is -2.33. The number of anilines is 1. The van der Waals surface area contributed by atoms with Gasteiger partial charge >= 0.3 is 0 Å². The van der Waals surface area contributed by atoms with Crippen LogP contribution in [-0.2, 0) is 10.0 Å². The SMILES string of the molecule is CC(C)(C)CC(C)(C)NS(=O)(=O)c1ccc(N)c(F)c1. The van der Waals surface area contributed by atoms with Crippen molar-refractivity contribution in [2.45, 2.75) is 51.5 Å². The Morgan fingerprint density at radius 2 is 1.75 bits per heavy atom. The highest BCUT2D eigenvalue weighted by molar-refractivity contribution is 7.89. The maximum atomic E-state index is 13.4. The Bertz CT molecular complexity index is 590. The molecule has 0 saturated heterocycles. The van der Waals surface area contributed by atoms with Crippen molar-refractivity contribution in [3.8, 4) is 0 Å². The van der Waals surface area contributed by atoms with Gasteiger partial charge in [-0.05, 0) is 43.9 Å². The Morgan fingerprint density at radius 3 is 2.20 bits per heavy atom. The van der Waals surface area contributed by atoms with Crippen LogP contribution >= 0.6 is 0 Å². The molecule has 3 N–H and O–H groups in total. The van der Waals surface area contributed by atoms with E-state index in [4.69, 9.17) is 5.73 Å². The van der Waals surface area contributed by atoms with Crippen molar-refractivity contribution in [2.75, 3.05) is 5.73 Å². The molecular formula is C14H23FN2O2S. The van der Waals surface area contributed by atoms with E-state index in [1.54, 1.807) is 0 Å². The van der Waals surface area contributed by atoms with Crippen LogP contribution in [0, 0.1) is 11.2 Å². The van der Waals surface area contributed by atoms with Crippen molar-refractivity contribution in [1.29, 1.82) is 0 Å². The molecule has 0 saturated carbocycles. The Kier molecular flexibility index (Phi) is 4.51. The number of nitrogen functional groups attached to an aromatic ring is 1. The van der Waals surface area contributed by atoms with Crippen molar-refractivity contribution < 1.29 is 12.8 Å². The number of benzene rings is 1. The summed E-state index contributed by atoms with van der Waals surface area (Å²) in [6.45, 7) is 9.72. The fourth-order valence-corrected chi connectivity index (χ4v) is 3.88. The molecule has 4 nitrogen and oxygen atoms in total. The monoisotopic (exact) mass is 302 g/mol. The Labute approximate surface area is 120 Å². The van der Waals surface area contributed by atoms with Crippen molar-refractivity contribution in [3.05, 3.63) is 24.0 Å². The van der Waals surface area contributed by atoms with Crippen molar-refractivity contribution >= 4 is 15.7 Å². The van der Waals surface area contributed by atoms with Crippen molar-refractivity contribution in [1.82, 2.24) is 4.72 Å². The van der Waals surface area contributed by atoms with Gasteiger partial charge in [0.05, 0.1) is 10.6 Å². The van der Waals surface area contributed by atoms with Crippen LogP contribution in [0.5, 0.6) is 0 Å². The largest absolute Gasteiger partial charge is 0.396 e. The second-order valence-corrected chi connectivity index (χ2v) is 8.59. The quantitative estimate of drug-likeness (QED) is 0.840. The van der Waals surface area contributed by atoms with Crippen molar-refractivity contribution in [3.63, 3.8) is 0 Å². The zero-order valence-electron chi connectivity index (χ0n) is 12.6. The highest BCUT2D eigenvalue weighted by atomic mass is 32.2. The van der Waals surface area contributed by atoms with Crippen LogP contribution in [0.2, 0.25) is 0 Å². The van der Waals surface area contributed by atoms with Gasteiger partial charge in [-0.2, -0.15) is 0 Å². The van der Waals surface area contributed by atoms with Gasteiger partial charge in [0.2, 0.25) is 10.0 Å². The summed E-state index contributed by atoms with van der Waals surface area (Å²) in [4.78, 5) is -0.119. The van der Waals surface area contributed by atoms with Crippen molar-refractivity contribution in [2.24, 2.45) is 5.41 Å². The molecule has 0 amide bonds. The lowest BCUT2D eigenvalue weighted by atomic mass is 9.82. The van der Waals surface area contributed by atoms with Gasteiger partial charge in [0.1, 0.15) is 5.82 Å². The molecule has 1 aromatic carbocycles. The summed E-state index contributed by atoms with van der Waals surface area (Å²) < 4.78 is 40.6. The summed E-state index contributed by atoms with van der Waals surface area (Å²) in [5, 5.41) is 0. The third kappa shape index (κ3) is 4.76. The van der Waals surface area contributed by atoms with Crippen LogP contribution in [0.25, 0.3) is 0 Å². The van der Waals surface area contributed by atoms with E-state index >= 15 is 0 Å². The topological polar surface area (TPSA) is 72.2 Å². The van der Waals surface area contributed by atoms with Gasteiger partial charge in [-0.1, -0.05) is 20.8 Å². The molecule has 1 rings (SSSR count). The molecule has 0 aromatic heterocycles. The van der Waals surface area contributed by atoms with Gasteiger partial charge in [0.15, 0.2) is 0 Å². The van der Waals surface area contributed by atoms with E-state index in [2.05, 4.69) is 4.72 Å². The second kappa shape index (κ2) is 5.33. The maximum absolute atomic E-state index is 13.4. The zero-order valence-corrected chi connectivity index (χ0v) is 13.4. The van der Waals surface area contributed by atoms with E-state index in [0.717, 1.165) is 6.07 Å². The molecule has 0 atom stereocenters. The first kappa shape index (κ1) is 16.9. The summed E-state index contributed by atoms with van der Waals surface area (Å²) in [5.41, 5.74) is 4.62. The van der Waals surface area contributed by atoms with E-state index in [9.17, 15) is 12.8 Å². The molecule has 114 valence electrons. The van der Waals surface area contributed by atoms with Crippen LogP contribution in [0.15, 0.2) is 23.1 Å². The predicted molar refractivity (Wildman–Crippen MR) is 79.3 cm³/mol. The maximum Gasteiger partial charge on any atom is 0.241 e. The first-order valence-corrected chi connectivity index (χ1v) is 7.90. The van der Waals surface area contributed by atoms with Crippen LogP contribution in [0.1, 0.15) is 41.0 Å². The molecule has 1 aromatic rings. The molecule has 0 radical (unpaired) electrons. The van der Waals surface area contributed by atoms with Crippen LogP contribution in [0.4, 0.5) is 10.1 Å². The molecular weight excluding hydrogens is 279 g/mol. The first-order chi connectivity index (χ1) is 8.82. The summed E-state index contributed by atoms with van der Waals surface area (Å²) in [6, 6.07) is 3.49. The molecule has 0 aliphatic carbocycles.